The molecule has 0 aliphatic carbocycles. The van der Waals surface area contributed by atoms with Crippen LogP contribution < -0.4 is 5.32 Å². The van der Waals surface area contributed by atoms with Crippen LogP contribution in [-0.2, 0) is 6.54 Å². The lowest BCUT2D eigenvalue weighted by atomic mass is 10.1. The van der Waals surface area contributed by atoms with Gasteiger partial charge in [-0.15, -0.1) is 0 Å². The molecule has 1 heterocycles. The number of nitrogens with one attached hydrogen (secondary N) is 1. The molecule has 1 N–H and O–H groups in total. The molecule has 0 fully saturated rings. The molecule has 1 aromatic carbocycles. The summed E-state index contributed by atoms with van der Waals surface area (Å²) in [5.74, 6) is 0. The van der Waals surface area contributed by atoms with E-state index in [0.29, 0.717) is 0 Å². The monoisotopic (exact) mass is 243 g/mol. The maximum absolute atomic E-state index is 4.49. The van der Waals surface area contributed by atoms with Crippen molar-refractivity contribution in [3.63, 3.8) is 0 Å². The highest BCUT2D eigenvalue weighted by Gasteiger charge is 2.05. The fourth-order valence-corrected chi connectivity index (χ4v) is 2.03. The second kappa shape index (κ2) is 5.83. The van der Waals surface area contributed by atoms with Gasteiger partial charge in [-0.2, -0.15) is 5.10 Å². The third-order valence-corrected chi connectivity index (χ3v) is 2.95. The summed E-state index contributed by atoms with van der Waals surface area (Å²) in [6, 6.07) is 8.54. The Morgan fingerprint density at radius 3 is 2.72 bits per heavy atom. The quantitative estimate of drug-likeness (QED) is 0.818. The van der Waals surface area contributed by atoms with Gasteiger partial charge in [-0.1, -0.05) is 24.6 Å². The molecule has 2 rings (SSSR count). The lowest BCUT2D eigenvalue weighted by Gasteiger charge is -2.11. The standard InChI is InChI=1S/C15H21N3/c1-4-8-16-11-14-10-12(2)5-6-15(14)18-9-7-13(3)17-18/h5-7,9-10,16H,4,8,11H2,1-3H3. The molecule has 0 radical (unpaired) electrons. The van der Waals surface area contributed by atoms with Crippen LogP contribution in [0.2, 0.25) is 0 Å². The molecule has 18 heavy (non-hydrogen) atoms. The van der Waals surface area contributed by atoms with Gasteiger partial charge in [0.1, 0.15) is 0 Å². The van der Waals surface area contributed by atoms with Crippen molar-refractivity contribution in [3.05, 3.63) is 47.3 Å². The first-order valence-electron chi connectivity index (χ1n) is 6.53. The molecule has 0 aliphatic heterocycles. The average molecular weight is 243 g/mol. The minimum absolute atomic E-state index is 0.893. The molecular weight excluding hydrogens is 222 g/mol. The molecule has 0 unspecified atom stereocenters. The Kier molecular flexibility index (Phi) is 4.15. The summed E-state index contributed by atoms with van der Waals surface area (Å²) >= 11 is 0. The van der Waals surface area contributed by atoms with Crippen LogP contribution in [0.1, 0.15) is 30.2 Å². The molecule has 0 amide bonds. The normalized spacial score (nSPS) is 10.8. The summed E-state index contributed by atoms with van der Waals surface area (Å²) in [6.07, 6.45) is 3.17. The van der Waals surface area contributed by atoms with Crippen molar-refractivity contribution < 1.29 is 0 Å². The van der Waals surface area contributed by atoms with Crippen LogP contribution in [0, 0.1) is 13.8 Å². The first-order chi connectivity index (χ1) is 8.70. The van der Waals surface area contributed by atoms with Crippen molar-refractivity contribution in [2.75, 3.05) is 6.54 Å². The Bertz CT molecular complexity index is 514. The number of aryl methyl sites for hydroxylation is 2. The summed E-state index contributed by atoms with van der Waals surface area (Å²) in [4.78, 5) is 0. The Balaban J connectivity index is 2.28. The van der Waals surface area contributed by atoms with Crippen LogP contribution in [0.15, 0.2) is 30.5 Å². The molecule has 96 valence electrons. The lowest BCUT2D eigenvalue weighted by Crippen LogP contribution is -2.16. The van der Waals surface area contributed by atoms with E-state index in [4.69, 9.17) is 0 Å². The van der Waals surface area contributed by atoms with E-state index in [1.165, 1.54) is 11.1 Å². The number of nitrogens with zero attached hydrogens (tertiary/aromatic N) is 2. The van der Waals surface area contributed by atoms with Gasteiger partial charge in [0.25, 0.3) is 0 Å². The third-order valence-electron chi connectivity index (χ3n) is 2.95. The van der Waals surface area contributed by atoms with Crippen LogP contribution in [0.25, 0.3) is 5.69 Å². The number of aromatic nitrogens is 2. The highest BCUT2D eigenvalue weighted by molar-refractivity contribution is 5.43. The number of hydrogen-bond donors (Lipinski definition) is 1. The van der Waals surface area contributed by atoms with Gasteiger partial charge in [0.05, 0.1) is 11.4 Å². The zero-order valence-corrected chi connectivity index (χ0v) is 11.4. The molecule has 0 spiro atoms. The second-order valence-electron chi connectivity index (χ2n) is 4.71. The number of hydrogen-bond acceptors (Lipinski definition) is 2. The SMILES string of the molecule is CCCNCc1cc(C)ccc1-n1ccc(C)n1. The van der Waals surface area contributed by atoms with Crippen LogP contribution >= 0.6 is 0 Å². The minimum Gasteiger partial charge on any atom is -0.313 e. The summed E-state index contributed by atoms with van der Waals surface area (Å²) in [6.45, 7) is 8.26. The predicted molar refractivity (Wildman–Crippen MR) is 75.0 cm³/mol. The Labute approximate surface area is 109 Å². The van der Waals surface area contributed by atoms with E-state index < -0.39 is 0 Å². The van der Waals surface area contributed by atoms with Crippen molar-refractivity contribution in [2.45, 2.75) is 33.7 Å². The van der Waals surface area contributed by atoms with Crippen molar-refractivity contribution in [3.8, 4) is 5.69 Å². The van der Waals surface area contributed by atoms with E-state index in [0.717, 1.165) is 30.9 Å². The Hall–Kier alpha value is -1.61. The molecule has 3 nitrogen and oxygen atoms in total. The summed E-state index contributed by atoms with van der Waals surface area (Å²) in [5.41, 5.74) is 4.79. The van der Waals surface area contributed by atoms with Crippen molar-refractivity contribution in [2.24, 2.45) is 0 Å². The zero-order chi connectivity index (χ0) is 13.0. The van der Waals surface area contributed by atoms with Gasteiger partial charge in [-0.3, -0.25) is 0 Å². The van der Waals surface area contributed by atoms with E-state index in [1.54, 1.807) is 0 Å². The van der Waals surface area contributed by atoms with Gasteiger partial charge in [0, 0.05) is 12.7 Å². The zero-order valence-electron chi connectivity index (χ0n) is 11.4. The molecular formula is C15H21N3. The summed E-state index contributed by atoms with van der Waals surface area (Å²) in [5, 5.41) is 7.94. The fourth-order valence-electron chi connectivity index (χ4n) is 2.03. The van der Waals surface area contributed by atoms with Gasteiger partial charge in [-0.05, 0) is 44.5 Å². The molecule has 0 atom stereocenters. The van der Waals surface area contributed by atoms with Crippen molar-refractivity contribution >= 4 is 0 Å². The molecule has 1 aromatic heterocycles. The maximum atomic E-state index is 4.49. The molecule has 0 aliphatic rings. The smallest absolute Gasteiger partial charge is 0.0690 e. The molecule has 2 aromatic rings. The van der Waals surface area contributed by atoms with Crippen LogP contribution in [0.3, 0.4) is 0 Å². The molecule has 0 saturated heterocycles. The van der Waals surface area contributed by atoms with E-state index in [2.05, 4.69) is 42.5 Å². The topological polar surface area (TPSA) is 29.9 Å². The first-order valence-corrected chi connectivity index (χ1v) is 6.53. The number of benzene rings is 1. The predicted octanol–water partition coefficient (Wildman–Crippen LogP) is 2.99. The van der Waals surface area contributed by atoms with Gasteiger partial charge < -0.3 is 5.32 Å². The summed E-state index contributed by atoms with van der Waals surface area (Å²) < 4.78 is 1.96. The van der Waals surface area contributed by atoms with Gasteiger partial charge in [0.15, 0.2) is 0 Å². The number of rotatable bonds is 5. The van der Waals surface area contributed by atoms with Crippen molar-refractivity contribution in [1.29, 1.82) is 0 Å². The van der Waals surface area contributed by atoms with E-state index in [-0.39, 0.29) is 0 Å². The summed E-state index contributed by atoms with van der Waals surface area (Å²) in [7, 11) is 0. The van der Waals surface area contributed by atoms with Gasteiger partial charge >= 0.3 is 0 Å². The Morgan fingerprint density at radius 1 is 1.22 bits per heavy atom. The van der Waals surface area contributed by atoms with E-state index >= 15 is 0 Å². The molecule has 0 saturated carbocycles. The van der Waals surface area contributed by atoms with E-state index in [1.807, 2.05) is 23.9 Å². The van der Waals surface area contributed by atoms with Crippen LogP contribution in [0.5, 0.6) is 0 Å². The van der Waals surface area contributed by atoms with E-state index in [9.17, 15) is 0 Å². The largest absolute Gasteiger partial charge is 0.313 e. The van der Waals surface area contributed by atoms with Crippen molar-refractivity contribution in [1.82, 2.24) is 15.1 Å². The fraction of sp³-hybridized carbons (Fsp3) is 0.400. The average Bonchev–Trinajstić information content (AvgIpc) is 2.76. The van der Waals surface area contributed by atoms with Crippen LogP contribution in [-0.4, -0.2) is 16.3 Å². The molecule has 0 bridgehead atoms. The van der Waals surface area contributed by atoms with Crippen LogP contribution in [0.4, 0.5) is 0 Å². The minimum atomic E-state index is 0.893. The highest BCUT2D eigenvalue weighted by atomic mass is 15.3. The first kappa shape index (κ1) is 12.8. The van der Waals surface area contributed by atoms with Gasteiger partial charge in [-0.25, -0.2) is 4.68 Å². The second-order valence-corrected chi connectivity index (χ2v) is 4.71. The Morgan fingerprint density at radius 2 is 2.06 bits per heavy atom. The van der Waals surface area contributed by atoms with Gasteiger partial charge in [0.2, 0.25) is 0 Å². The highest BCUT2D eigenvalue weighted by Crippen LogP contribution is 2.16. The third kappa shape index (κ3) is 2.99. The molecule has 3 heteroatoms. The maximum Gasteiger partial charge on any atom is 0.0690 e. The lowest BCUT2D eigenvalue weighted by molar-refractivity contribution is 0.669.